The van der Waals surface area contributed by atoms with E-state index in [2.05, 4.69) is 0 Å². The Morgan fingerprint density at radius 2 is 1.33 bits per heavy atom. The number of hydrogen-bond donors (Lipinski definition) is 0. The van der Waals surface area contributed by atoms with E-state index in [1.165, 1.54) is 6.92 Å². The maximum atomic E-state index is 11.3. The van der Waals surface area contributed by atoms with Crippen LogP contribution in [-0.4, -0.2) is 60.5 Å². The van der Waals surface area contributed by atoms with Crippen molar-refractivity contribution in [3.05, 3.63) is 0 Å². The fourth-order valence-electron chi connectivity index (χ4n) is 2.11. The molecule has 1 saturated heterocycles. The number of carbonyl (C=O) groups excluding carboxylic acids is 4. The number of hydrogen-bond acceptors (Lipinski definition) is 9. The summed E-state index contributed by atoms with van der Waals surface area (Å²) in [6, 6.07) is 0. The Morgan fingerprint density at radius 1 is 0.833 bits per heavy atom. The van der Waals surface area contributed by atoms with Crippen LogP contribution in [0.5, 0.6) is 0 Å². The minimum atomic E-state index is -1.33. The smallest absolute Gasteiger partial charge is 0.305 e. The molecule has 0 aromatic heterocycles. The maximum absolute atomic E-state index is 11.3. The minimum absolute atomic E-state index is 0.291. The lowest BCUT2D eigenvalue weighted by Gasteiger charge is -2.42. The van der Waals surface area contributed by atoms with Crippen molar-refractivity contribution < 1.29 is 42.9 Å². The molecule has 1 rings (SSSR count). The number of esters is 4. The molecule has 136 valence electrons. The molecule has 0 N–H and O–H groups in total. The quantitative estimate of drug-likeness (QED) is 0.385. The predicted octanol–water partition coefficient (Wildman–Crippen LogP) is 0.308. The van der Waals surface area contributed by atoms with Crippen LogP contribution in [0.2, 0.25) is 0 Å². The van der Waals surface area contributed by atoms with Crippen molar-refractivity contribution in [3.63, 3.8) is 0 Å². The Morgan fingerprint density at radius 3 is 1.79 bits per heavy atom. The molecule has 1 heterocycles. The molecule has 0 amide bonds. The van der Waals surface area contributed by atoms with Crippen LogP contribution in [-0.2, 0) is 42.9 Å². The fourth-order valence-corrected chi connectivity index (χ4v) is 2.49. The summed E-state index contributed by atoms with van der Waals surface area (Å²) in [5, 5.41) is -1.09. The van der Waals surface area contributed by atoms with E-state index in [4.69, 9.17) is 35.3 Å². The van der Waals surface area contributed by atoms with Crippen LogP contribution in [0.15, 0.2) is 0 Å². The van der Waals surface area contributed by atoms with Crippen molar-refractivity contribution in [1.82, 2.24) is 0 Å². The zero-order valence-corrected chi connectivity index (χ0v) is 14.4. The number of ether oxygens (including phenoxy) is 5. The summed E-state index contributed by atoms with van der Waals surface area (Å²) >= 11 is 6.26. The first-order valence-electron chi connectivity index (χ1n) is 7.06. The van der Waals surface area contributed by atoms with Crippen molar-refractivity contribution in [2.75, 3.05) is 6.61 Å². The van der Waals surface area contributed by atoms with E-state index in [0.29, 0.717) is 0 Å². The average Bonchev–Trinajstić information content (AvgIpc) is 2.42. The monoisotopic (exact) mass is 366 g/mol. The molecule has 1 aliphatic rings. The molecule has 0 radical (unpaired) electrons. The predicted molar refractivity (Wildman–Crippen MR) is 77.8 cm³/mol. The molecule has 0 spiro atoms. The molecule has 0 aliphatic carbocycles. The van der Waals surface area contributed by atoms with Gasteiger partial charge in [0.05, 0.1) is 0 Å². The average molecular weight is 367 g/mol. The number of halogens is 1. The molecule has 0 saturated carbocycles. The molecule has 1 fully saturated rings. The molecule has 0 bridgehead atoms. The standard InChI is InChI=1S/C14H19ClO9/c1-6(16)20-5-10-12(21-7(2)17)11(15)13(22-8(3)18)14(24-10)23-9(4)19/h10-14H,5H2,1-4H3/t10-,11+,12-,13-,14-/m1/s1. The van der Waals surface area contributed by atoms with E-state index in [9.17, 15) is 19.2 Å². The zero-order chi connectivity index (χ0) is 18.4. The van der Waals surface area contributed by atoms with Crippen LogP contribution < -0.4 is 0 Å². The molecular weight excluding hydrogens is 348 g/mol. The summed E-state index contributed by atoms with van der Waals surface area (Å²) in [5.74, 6) is -2.63. The van der Waals surface area contributed by atoms with Crippen LogP contribution in [0, 0.1) is 0 Å². The van der Waals surface area contributed by atoms with E-state index in [-0.39, 0.29) is 6.61 Å². The largest absolute Gasteiger partial charge is 0.463 e. The molecule has 1 aliphatic heterocycles. The normalized spacial score (nSPS) is 29.3. The zero-order valence-electron chi connectivity index (χ0n) is 13.6. The molecule has 9 nitrogen and oxygen atoms in total. The van der Waals surface area contributed by atoms with Crippen molar-refractivity contribution >= 4 is 35.5 Å². The lowest BCUT2D eigenvalue weighted by atomic mass is 10.0. The first-order chi connectivity index (χ1) is 11.1. The first-order valence-corrected chi connectivity index (χ1v) is 7.50. The Bertz CT molecular complexity index is 504. The first kappa shape index (κ1) is 20.2. The van der Waals surface area contributed by atoms with Gasteiger partial charge in [-0.05, 0) is 0 Å². The summed E-state index contributed by atoms with van der Waals surface area (Å²) < 4.78 is 25.4. The SMILES string of the molecule is CC(=O)OC[C@H]1O[C@@H](OC(C)=O)[C@H](OC(C)=O)[C@@H](Cl)[C@@H]1OC(C)=O. The fraction of sp³-hybridized carbons (Fsp3) is 0.714. The third kappa shape index (κ3) is 5.97. The van der Waals surface area contributed by atoms with E-state index in [0.717, 1.165) is 20.8 Å². The highest BCUT2D eigenvalue weighted by Gasteiger charge is 2.50. The van der Waals surface area contributed by atoms with E-state index in [1.807, 2.05) is 0 Å². The van der Waals surface area contributed by atoms with Crippen LogP contribution in [0.25, 0.3) is 0 Å². The Hall–Kier alpha value is -1.87. The van der Waals surface area contributed by atoms with Crippen molar-refractivity contribution in [2.24, 2.45) is 0 Å². The number of rotatable bonds is 5. The van der Waals surface area contributed by atoms with Gasteiger partial charge in [0.2, 0.25) is 6.29 Å². The second-order valence-corrected chi connectivity index (χ2v) is 5.55. The summed E-state index contributed by atoms with van der Waals surface area (Å²) in [4.78, 5) is 44.8. The minimum Gasteiger partial charge on any atom is -0.463 e. The van der Waals surface area contributed by atoms with Gasteiger partial charge in [-0.2, -0.15) is 0 Å². The van der Waals surface area contributed by atoms with Gasteiger partial charge in [-0.3, -0.25) is 19.2 Å². The summed E-state index contributed by atoms with van der Waals surface area (Å²) in [6.07, 6.45) is -4.62. The van der Waals surface area contributed by atoms with Crippen LogP contribution in [0.1, 0.15) is 27.7 Å². The van der Waals surface area contributed by atoms with E-state index in [1.54, 1.807) is 0 Å². The number of carbonyl (C=O) groups is 4. The second kappa shape index (κ2) is 8.84. The van der Waals surface area contributed by atoms with Gasteiger partial charge in [-0.25, -0.2) is 0 Å². The van der Waals surface area contributed by atoms with Gasteiger partial charge in [-0.15, -0.1) is 11.6 Å². The molecule has 24 heavy (non-hydrogen) atoms. The third-order valence-electron chi connectivity index (χ3n) is 2.91. The molecule has 0 aromatic rings. The summed E-state index contributed by atoms with van der Waals surface area (Å²) in [7, 11) is 0. The number of alkyl halides is 1. The van der Waals surface area contributed by atoms with Crippen LogP contribution in [0.3, 0.4) is 0 Å². The topological polar surface area (TPSA) is 114 Å². The summed E-state index contributed by atoms with van der Waals surface area (Å²) in [6.45, 7) is 4.33. The third-order valence-corrected chi connectivity index (χ3v) is 3.41. The van der Waals surface area contributed by atoms with E-state index >= 15 is 0 Å². The highest BCUT2D eigenvalue weighted by molar-refractivity contribution is 6.21. The Labute approximate surface area is 143 Å². The lowest BCUT2D eigenvalue weighted by Crippen LogP contribution is -2.60. The molecule has 5 atom stereocenters. The van der Waals surface area contributed by atoms with Gasteiger partial charge < -0.3 is 23.7 Å². The van der Waals surface area contributed by atoms with Crippen molar-refractivity contribution in [2.45, 2.75) is 57.7 Å². The lowest BCUT2D eigenvalue weighted by molar-refractivity contribution is -0.268. The Kier molecular flexibility index (Phi) is 7.43. The molecule has 0 unspecified atom stereocenters. The van der Waals surface area contributed by atoms with Gasteiger partial charge in [0, 0.05) is 27.7 Å². The van der Waals surface area contributed by atoms with Crippen molar-refractivity contribution in [1.29, 1.82) is 0 Å². The van der Waals surface area contributed by atoms with Gasteiger partial charge in [0.1, 0.15) is 18.1 Å². The highest BCUT2D eigenvalue weighted by atomic mass is 35.5. The van der Waals surface area contributed by atoms with Crippen LogP contribution >= 0.6 is 11.6 Å². The second-order valence-electron chi connectivity index (χ2n) is 5.05. The van der Waals surface area contributed by atoms with Crippen LogP contribution in [0.4, 0.5) is 0 Å². The molecule has 10 heteroatoms. The molecule has 0 aromatic carbocycles. The highest BCUT2D eigenvalue weighted by Crippen LogP contribution is 2.31. The molecular formula is C14H19ClO9. The van der Waals surface area contributed by atoms with Crippen molar-refractivity contribution in [3.8, 4) is 0 Å². The maximum Gasteiger partial charge on any atom is 0.305 e. The van der Waals surface area contributed by atoms with Gasteiger partial charge in [0.25, 0.3) is 0 Å². The summed E-state index contributed by atoms with van der Waals surface area (Å²) in [5.41, 5.74) is 0. The van der Waals surface area contributed by atoms with Gasteiger partial charge >= 0.3 is 23.9 Å². The van der Waals surface area contributed by atoms with E-state index < -0.39 is 53.9 Å². The van der Waals surface area contributed by atoms with Gasteiger partial charge in [-0.1, -0.05) is 0 Å². The Balaban J connectivity index is 3.04. The van der Waals surface area contributed by atoms with Gasteiger partial charge in [0.15, 0.2) is 12.2 Å².